The van der Waals surface area contributed by atoms with Gasteiger partial charge < -0.3 is 20.1 Å². The van der Waals surface area contributed by atoms with Gasteiger partial charge in [-0.2, -0.15) is 0 Å². The molecule has 156 valence electrons. The van der Waals surface area contributed by atoms with Crippen LogP contribution in [0.4, 0.5) is 0 Å². The molecule has 0 aromatic rings. The molecular weight excluding hydrogens is 469 g/mol. The molecule has 0 amide bonds. The highest BCUT2D eigenvalue weighted by Crippen LogP contribution is 2.15. The Hall–Kier alpha value is -0.130. The number of hydrogen-bond donors (Lipinski definition) is 2. The highest BCUT2D eigenvalue weighted by molar-refractivity contribution is 14.0. The fraction of sp³-hybridized carbons (Fsp3) is 0.941. The lowest BCUT2D eigenvalue weighted by molar-refractivity contribution is 0.0203. The van der Waals surface area contributed by atoms with Gasteiger partial charge in [0.05, 0.1) is 11.3 Å². The summed E-state index contributed by atoms with van der Waals surface area (Å²) >= 11 is 0. The third-order valence-corrected chi connectivity index (χ3v) is 6.55. The van der Waals surface area contributed by atoms with Crippen LogP contribution in [-0.2, 0) is 19.3 Å². The summed E-state index contributed by atoms with van der Waals surface area (Å²) in [5, 5.41) is 6.37. The predicted molar refractivity (Wildman–Crippen MR) is 117 cm³/mol. The molecule has 0 bridgehead atoms. The molecule has 0 aliphatic carbocycles. The Balaban J connectivity index is 0.00000625. The summed E-state index contributed by atoms with van der Waals surface area (Å²) in [6.07, 6.45) is 4.30. The van der Waals surface area contributed by atoms with E-state index in [9.17, 15) is 8.42 Å². The Kier molecular flexibility index (Phi) is 13.0. The fourth-order valence-corrected chi connectivity index (χ4v) is 2.57. The normalized spacial score (nSPS) is 16.8. The number of aliphatic imine (C=N–C) groups is 1. The van der Waals surface area contributed by atoms with Crippen molar-refractivity contribution in [2.45, 2.75) is 44.8 Å². The first-order valence-corrected chi connectivity index (χ1v) is 11.0. The van der Waals surface area contributed by atoms with Gasteiger partial charge in [-0.3, -0.25) is 4.99 Å². The van der Waals surface area contributed by atoms with Gasteiger partial charge in [0.2, 0.25) is 0 Å². The zero-order valence-electron chi connectivity index (χ0n) is 16.5. The molecule has 9 heteroatoms. The number of nitrogens with one attached hydrogen (secondary N) is 2. The van der Waals surface area contributed by atoms with Crippen molar-refractivity contribution >= 4 is 39.8 Å². The molecule has 1 aliphatic rings. The monoisotopic (exact) mass is 505 g/mol. The first kappa shape index (κ1) is 25.9. The largest absolute Gasteiger partial charge is 0.381 e. The number of guanidine groups is 1. The topological polar surface area (TPSA) is 89.0 Å². The third kappa shape index (κ3) is 10.3. The van der Waals surface area contributed by atoms with Crippen molar-refractivity contribution < 1.29 is 17.9 Å². The minimum absolute atomic E-state index is 0. The van der Waals surface area contributed by atoms with E-state index in [1.807, 2.05) is 6.92 Å². The van der Waals surface area contributed by atoms with E-state index in [1.54, 1.807) is 13.8 Å². The quantitative estimate of drug-likeness (QED) is 0.204. The molecule has 1 aliphatic heterocycles. The molecule has 1 fully saturated rings. The SMILES string of the molecule is CCNC(=NCC(C)(C)S(C)(=O)=O)NCCCOCC1CCOCC1.I. The van der Waals surface area contributed by atoms with Crippen molar-refractivity contribution in [2.24, 2.45) is 10.9 Å². The molecule has 2 N–H and O–H groups in total. The summed E-state index contributed by atoms with van der Waals surface area (Å²) in [5.41, 5.74) is 0. The second kappa shape index (κ2) is 13.1. The molecule has 0 atom stereocenters. The molecule has 0 spiro atoms. The Bertz CT molecular complexity index is 506. The molecule has 0 radical (unpaired) electrons. The van der Waals surface area contributed by atoms with Crippen LogP contribution in [0, 0.1) is 5.92 Å². The van der Waals surface area contributed by atoms with Crippen LogP contribution in [0.1, 0.15) is 40.0 Å². The van der Waals surface area contributed by atoms with E-state index in [4.69, 9.17) is 9.47 Å². The Morgan fingerprint density at radius 3 is 2.50 bits per heavy atom. The predicted octanol–water partition coefficient (Wildman–Crippen LogP) is 1.82. The summed E-state index contributed by atoms with van der Waals surface area (Å²) in [6.45, 7) is 10.3. The zero-order valence-corrected chi connectivity index (χ0v) is 19.7. The van der Waals surface area contributed by atoms with E-state index in [0.717, 1.165) is 52.2 Å². The van der Waals surface area contributed by atoms with Gasteiger partial charge in [0, 0.05) is 45.8 Å². The van der Waals surface area contributed by atoms with E-state index in [-0.39, 0.29) is 30.5 Å². The van der Waals surface area contributed by atoms with Crippen molar-refractivity contribution in [3.05, 3.63) is 0 Å². The van der Waals surface area contributed by atoms with Crippen LogP contribution < -0.4 is 10.6 Å². The smallest absolute Gasteiger partial charge is 0.191 e. The molecule has 1 saturated heterocycles. The number of rotatable bonds is 10. The van der Waals surface area contributed by atoms with Gasteiger partial charge >= 0.3 is 0 Å². The molecule has 26 heavy (non-hydrogen) atoms. The minimum atomic E-state index is -3.15. The van der Waals surface area contributed by atoms with Crippen LogP contribution in [-0.4, -0.2) is 71.4 Å². The second-order valence-corrected chi connectivity index (χ2v) is 9.79. The van der Waals surface area contributed by atoms with Crippen molar-refractivity contribution in [1.29, 1.82) is 0 Å². The van der Waals surface area contributed by atoms with Crippen LogP contribution in [0.5, 0.6) is 0 Å². The lowest BCUT2D eigenvalue weighted by atomic mass is 10.0. The first-order valence-electron chi connectivity index (χ1n) is 9.13. The summed E-state index contributed by atoms with van der Waals surface area (Å²) in [4.78, 5) is 4.40. The molecule has 0 aromatic heterocycles. The third-order valence-electron chi connectivity index (χ3n) is 4.42. The van der Waals surface area contributed by atoms with Crippen LogP contribution >= 0.6 is 24.0 Å². The Labute approximate surface area is 176 Å². The van der Waals surface area contributed by atoms with E-state index in [0.29, 0.717) is 18.5 Å². The number of ether oxygens (including phenoxy) is 2. The lowest BCUT2D eigenvalue weighted by Gasteiger charge is -2.22. The number of nitrogens with zero attached hydrogens (tertiary/aromatic N) is 1. The van der Waals surface area contributed by atoms with Crippen LogP contribution in [0.2, 0.25) is 0 Å². The Morgan fingerprint density at radius 2 is 1.92 bits per heavy atom. The van der Waals surface area contributed by atoms with Crippen molar-refractivity contribution in [3.8, 4) is 0 Å². The zero-order chi connectivity index (χ0) is 18.8. The molecule has 1 rings (SSSR count). The maximum Gasteiger partial charge on any atom is 0.191 e. The summed E-state index contributed by atoms with van der Waals surface area (Å²) in [6, 6.07) is 0. The van der Waals surface area contributed by atoms with Crippen molar-refractivity contribution in [3.63, 3.8) is 0 Å². The van der Waals surface area contributed by atoms with Gasteiger partial charge in [-0.1, -0.05) is 0 Å². The van der Waals surface area contributed by atoms with E-state index < -0.39 is 14.6 Å². The van der Waals surface area contributed by atoms with Crippen LogP contribution in [0.3, 0.4) is 0 Å². The minimum Gasteiger partial charge on any atom is -0.381 e. The molecule has 1 heterocycles. The number of sulfone groups is 1. The van der Waals surface area contributed by atoms with Gasteiger partial charge in [-0.15, -0.1) is 24.0 Å². The van der Waals surface area contributed by atoms with Crippen LogP contribution in [0.15, 0.2) is 4.99 Å². The maximum absolute atomic E-state index is 11.8. The summed E-state index contributed by atoms with van der Waals surface area (Å²) < 4.78 is 33.7. The Morgan fingerprint density at radius 1 is 1.27 bits per heavy atom. The molecule has 0 saturated carbocycles. The standard InChI is InChI=1S/C17H35N3O4S.HI/c1-5-18-16(20-14-17(2,3)25(4,21)22)19-9-6-10-24-13-15-7-11-23-12-8-15;/h15H,5-14H2,1-4H3,(H2,18,19,20);1H. The molecule has 0 aromatic carbocycles. The highest BCUT2D eigenvalue weighted by Gasteiger charge is 2.29. The van der Waals surface area contributed by atoms with E-state index in [1.165, 1.54) is 6.26 Å². The van der Waals surface area contributed by atoms with Gasteiger partial charge in [0.1, 0.15) is 0 Å². The van der Waals surface area contributed by atoms with Crippen LogP contribution in [0.25, 0.3) is 0 Å². The number of hydrogen-bond acceptors (Lipinski definition) is 5. The lowest BCUT2D eigenvalue weighted by Crippen LogP contribution is -2.41. The summed E-state index contributed by atoms with van der Waals surface area (Å²) in [7, 11) is -3.15. The van der Waals surface area contributed by atoms with Gasteiger partial charge in [-0.05, 0) is 46.0 Å². The van der Waals surface area contributed by atoms with Gasteiger partial charge in [-0.25, -0.2) is 8.42 Å². The summed E-state index contributed by atoms with van der Waals surface area (Å²) in [5.74, 6) is 1.27. The maximum atomic E-state index is 11.8. The van der Waals surface area contributed by atoms with Gasteiger partial charge in [0.15, 0.2) is 15.8 Å². The van der Waals surface area contributed by atoms with E-state index in [2.05, 4.69) is 15.6 Å². The highest BCUT2D eigenvalue weighted by atomic mass is 127. The van der Waals surface area contributed by atoms with E-state index >= 15 is 0 Å². The van der Waals surface area contributed by atoms with Crippen molar-refractivity contribution in [2.75, 3.05) is 52.3 Å². The molecule has 7 nitrogen and oxygen atoms in total. The average molecular weight is 505 g/mol. The molecule has 0 unspecified atom stereocenters. The second-order valence-electron chi connectivity index (χ2n) is 7.14. The van der Waals surface area contributed by atoms with Crippen molar-refractivity contribution in [1.82, 2.24) is 10.6 Å². The average Bonchev–Trinajstić information content (AvgIpc) is 2.55. The van der Waals surface area contributed by atoms with Gasteiger partial charge in [0.25, 0.3) is 0 Å². The molecular formula is C17H36IN3O4S. The first-order chi connectivity index (χ1) is 11.8. The number of halogens is 1. The fourth-order valence-electron chi connectivity index (χ4n) is 2.27.